The van der Waals surface area contributed by atoms with Crippen LogP contribution in [0.1, 0.15) is 45.2 Å². The van der Waals surface area contributed by atoms with Crippen LogP contribution in [0.15, 0.2) is 16.9 Å². The number of hydrogen-bond donors (Lipinski definition) is 0. The van der Waals surface area contributed by atoms with Gasteiger partial charge in [-0.25, -0.2) is 4.68 Å². The van der Waals surface area contributed by atoms with Gasteiger partial charge in [-0.2, -0.15) is 5.10 Å². The SMILES string of the molecule is CC(=O)N1[C@@H]2CN(C(=O)Cn3nc(C)ccc3=O)[C@@H]3CCC[C@H]1[C@]3(C)C2. The molecule has 7 nitrogen and oxygen atoms in total. The minimum Gasteiger partial charge on any atom is -0.335 e. The number of fused-ring (bicyclic) bond motifs is 1. The number of amides is 2. The number of carbonyl (C=O) groups excluding carboxylic acids is 2. The summed E-state index contributed by atoms with van der Waals surface area (Å²) in [6.07, 6.45) is 3.97. The lowest BCUT2D eigenvalue weighted by atomic mass is 9.66. The van der Waals surface area contributed by atoms with Crippen molar-refractivity contribution in [1.29, 1.82) is 0 Å². The van der Waals surface area contributed by atoms with E-state index in [0.717, 1.165) is 25.7 Å². The van der Waals surface area contributed by atoms with E-state index < -0.39 is 0 Å². The number of carbonyl (C=O) groups is 2. The summed E-state index contributed by atoms with van der Waals surface area (Å²) in [6, 6.07) is 3.55. The van der Waals surface area contributed by atoms with Crippen molar-refractivity contribution in [2.45, 2.75) is 71.1 Å². The van der Waals surface area contributed by atoms with Gasteiger partial charge in [-0.3, -0.25) is 14.4 Å². The Labute approximate surface area is 153 Å². The van der Waals surface area contributed by atoms with Crippen LogP contribution in [-0.2, 0) is 16.1 Å². The molecule has 3 fully saturated rings. The largest absolute Gasteiger partial charge is 0.335 e. The first-order valence-corrected chi connectivity index (χ1v) is 9.44. The van der Waals surface area contributed by atoms with Gasteiger partial charge in [0.25, 0.3) is 5.56 Å². The van der Waals surface area contributed by atoms with Crippen molar-refractivity contribution >= 4 is 11.8 Å². The third kappa shape index (κ3) is 2.47. The van der Waals surface area contributed by atoms with Crippen LogP contribution < -0.4 is 5.56 Å². The van der Waals surface area contributed by atoms with Crippen LogP contribution in [0, 0.1) is 12.3 Å². The molecule has 0 unspecified atom stereocenters. The molecule has 2 amide bonds. The van der Waals surface area contributed by atoms with Gasteiger partial charge in [-0.05, 0) is 38.7 Å². The molecule has 0 spiro atoms. The molecule has 7 heteroatoms. The fourth-order valence-electron chi connectivity index (χ4n) is 5.63. The molecule has 1 saturated carbocycles. The summed E-state index contributed by atoms with van der Waals surface area (Å²) in [5.74, 6) is 0.0346. The van der Waals surface area contributed by atoms with Crippen LogP contribution in [0.3, 0.4) is 0 Å². The maximum Gasteiger partial charge on any atom is 0.267 e. The topological polar surface area (TPSA) is 75.5 Å². The molecule has 2 bridgehead atoms. The predicted octanol–water partition coefficient (Wildman–Crippen LogP) is 0.942. The number of piperidine rings is 1. The number of rotatable bonds is 2. The van der Waals surface area contributed by atoms with Gasteiger partial charge in [0.05, 0.1) is 11.7 Å². The fraction of sp³-hybridized carbons (Fsp3) is 0.684. The summed E-state index contributed by atoms with van der Waals surface area (Å²) in [7, 11) is 0. The molecule has 1 aliphatic carbocycles. The van der Waals surface area contributed by atoms with Crippen LogP contribution >= 0.6 is 0 Å². The van der Waals surface area contributed by atoms with Gasteiger partial charge in [-0.1, -0.05) is 6.92 Å². The minimum atomic E-state index is -0.262. The monoisotopic (exact) mass is 358 g/mol. The van der Waals surface area contributed by atoms with E-state index >= 15 is 0 Å². The third-order valence-electron chi connectivity index (χ3n) is 6.63. The molecule has 2 aliphatic heterocycles. The molecule has 2 saturated heterocycles. The van der Waals surface area contributed by atoms with Crippen molar-refractivity contribution in [2.75, 3.05) is 6.54 Å². The van der Waals surface area contributed by atoms with Crippen LogP contribution in [-0.4, -0.2) is 56.1 Å². The van der Waals surface area contributed by atoms with Gasteiger partial charge < -0.3 is 9.80 Å². The van der Waals surface area contributed by atoms with E-state index in [0.29, 0.717) is 12.2 Å². The fourth-order valence-corrected chi connectivity index (χ4v) is 5.63. The van der Waals surface area contributed by atoms with Gasteiger partial charge in [-0.15, -0.1) is 0 Å². The van der Waals surface area contributed by atoms with E-state index in [-0.39, 0.29) is 47.5 Å². The Morgan fingerprint density at radius 3 is 2.73 bits per heavy atom. The van der Waals surface area contributed by atoms with Gasteiger partial charge in [0.2, 0.25) is 11.8 Å². The average Bonchev–Trinajstić information content (AvgIpc) is 2.87. The van der Waals surface area contributed by atoms with E-state index in [1.54, 1.807) is 19.9 Å². The van der Waals surface area contributed by atoms with Crippen molar-refractivity contribution in [2.24, 2.45) is 5.41 Å². The second-order valence-corrected chi connectivity index (χ2v) is 8.27. The van der Waals surface area contributed by atoms with Gasteiger partial charge in [0.15, 0.2) is 0 Å². The summed E-state index contributed by atoms with van der Waals surface area (Å²) in [4.78, 5) is 41.3. The Morgan fingerprint density at radius 1 is 1.27 bits per heavy atom. The molecule has 0 aromatic carbocycles. The second-order valence-electron chi connectivity index (χ2n) is 8.27. The Balaban J connectivity index is 1.63. The summed E-state index contributed by atoms with van der Waals surface area (Å²) in [5.41, 5.74) is 0.401. The van der Waals surface area contributed by atoms with Crippen LogP contribution in [0.2, 0.25) is 0 Å². The Kier molecular flexibility index (Phi) is 3.93. The lowest BCUT2D eigenvalue weighted by Crippen LogP contribution is -2.58. The summed E-state index contributed by atoms with van der Waals surface area (Å²) < 4.78 is 1.25. The van der Waals surface area contributed by atoms with Crippen molar-refractivity contribution in [1.82, 2.24) is 19.6 Å². The number of hydrogen-bond acceptors (Lipinski definition) is 4. The second kappa shape index (κ2) is 5.93. The zero-order valence-corrected chi connectivity index (χ0v) is 15.6. The van der Waals surface area contributed by atoms with Crippen LogP contribution in [0.25, 0.3) is 0 Å². The number of likely N-dealkylation sites (tertiary alicyclic amines) is 2. The Hall–Kier alpha value is -2.18. The van der Waals surface area contributed by atoms with Crippen molar-refractivity contribution in [3.63, 3.8) is 0 Å². The molecule has 1 aromatic heterocycles. The first kappa shape index (κ1) is 17.2. The molecular formula is C19H26N4O3. The maximum absolute atomic E-state index is 13.1. The smallest absolute Gasteiger partial charge is 0.267 e. The maximum atomic E-state index is 13.1. The van der Waals surface area contributed by atoms with Gasteiger partial charge in [0.1, 0.15) is 6.54 Å². The van der Waals surface area contributed by atoms with Crippen LogP contribution in [0.4, 0.5) is 0 Å². The average molecular weight is 358 g/mol. The van der Waals surface area contributed by atoms with Gasteiger partial charge in [0, 0.05) is 37.0 Å². The molecule has 0 radical (unpaired) electrons. The molecule has 3 aliphatic rings. The highest BCUT2D eigenvalue weighted by molar-refractivity contribution is 5.78. The molecule has 0 N–H and O–H groups in total. The summed E-state index contributed by atoms with van der Waals surface area (Å²) in [5, 5.41) is 4.19. The van der Waals surface area contributed by atoms with E-state index in [1.165, 1.54) is 10.7 Å². The highest BCUT2D eigenvalue weighted by atomic mass is 16.2. The van der Waals surface area contributed by atoms with Crippen molar-refractivity contribution in [3.8, 4) is 0 Å². The molecule has 26 heavy (non-hydrogen) atoms. The molecular weight excluding hydrogens is 332 g/mol. The lowest BCUT2D eigenvalue weighted by molar-refractivity contribution is -0.141. The standard InChI is InChI=1S/C19H26N4O3/c1-12-7-8-17(25)22(20-12)11-18(26)21-10-14-9-19(3)15(21)5-4-6-16(19)23(14)13(2)24/h7-8,14-16H,4-6,9-11H2,1-3H3/t14-,15+,16-,19+/m0/s1. The number of aryl methyl sites for hydroxylation is 1. The summed E-state index contributed by atoms with van der Waals surface area (Å²) >= 11 is 0. The first-order chi connectivity index (χ1) is 12.3. The van der Waals surface area contributed by atoms with Gasteiger partial charge >= 0.3 is 0 Å². The molecule has 140 valence electrons. The summed E-state index contributed by atoms with van der Waals surface area (Å²) in [6.45, 7) is 6.20. The van der Waals surface area contributed by atoms with Crippen molar-refractivity contribution < 1.29 is 9.59 Å². The van der Waals surface area contributed by atoms with E-state index in [2.05, 4.69) is 12.0 Å². The first-order valence-electron chi connectivity index (χ1n) is 9.44. The predicted molar refractivity (Wildman–Crippen MR) is 95.4 cm³/mol. The van der Waals surface area contributed by atoms with Crippen molar-refractivity contribution in [3.05, 3.63) is 28.2 Å². The van der Waals surface area contributed by atoms with E-state index in [9.17, 15) is 14.4 Å². The zero-order valence-electron chi connectivity index (χ0n) is 15.6. The third-order valence-corrected chi connectivity index (χ3v) is 6.63. The highest BCUT2D eigenvalue weighted by Crippen LogP contribution is 2.54. The normalized spacial score (nSPS) is 32.7. The molecule has 1 aromatic rings. The van der Waals surface area contributed by atoms with Crippen LogP contribution in [0.5, 0.6) is 0 Å². The quantitative estimate of drug-likeness (QED) is 0.789. The number of nitrogens with zero attached hydrogens (tertiary/aromatic N) is 4. The van der Waals surface area contributed by atoms with E-state index in [1.807, 2.05) is 9.80 Å². The highest BCUT2D eigenvalue weighted by Gasteiger charge is 2.61. The Bertz CT molecular complexity index is 819. The molecule has 3 heterocycles. The Morgan fingerprint density at radius 2 is 2.00 bits per heavy atom. The lowest BCUT2D eigenvalue weighted by Gasteiger charge is -2.49. The minimum absolute atomic E-state index is 0.0372. The molecule has 4 rings (SSSR count). The molecule has 4 atom stereocenters. The number of aromatic nitrogens is 2. The zero-order chi connectivity index (χ0) is 18.6. The van der Waals surface area contributed by atoms with E-state index in [4.69, 9.17) is 0 Å².